The summed E-state index contributed by atoms with van der Waals surface area (Å²) in [6.45, 7) is 0. The number of amides is 1. The molecule has 0 spiro atoms. The summed E-state index contributed by atoms with van der Waals surface area (Å²) in [4.78, 5) is 12.2. The number of para-hydroxylation sites is 1. The Labute approximate surface area is 155 Å². The Morgan fingerprint density at radius 1 is 1.04 bits per heavy atom. The third-order valence-corrected chi connectivity index (χ3v) is 4.45. The molecule has 0 radical (unpaired) electrons. The lowest BCUT2D eigenvalue weighted by Crippen LogP contribution is -2.13. The Kier molecular flexibility index (Phi) is 6.72. The van der Waals surface area contributed by atoms with E-state index in [9.17, 15) is 4.79 Å². The summed E-state index contributed by atoms with van der Waals surface area (Å²) in [6.07, 6.45) is 0.940. The first kappa shape index (κ1) is 18.4. The molecule has 0 heterocycles. The first-order valence-electron chi connectivity index (χ1n) is 7.42. The normalized spacial score (nSPS) is 10.2. The van der Waals surface area contributed by atoms with Crippen molar-refractivity contribution in [3.05, 3.63) is 45.5 Å². The zero-order valence-corrected chi connectivity index (χ0v) is 16.0. The van der Waals surface area contributed by atoms with Crippen LogP contribution in [0.5, 0.6) is 17.2 Å². The largest absolute Gasteiger partial charge is 0.493 e. The van der Waals surface area contributed by atoms with Crippen LogP contribution < -0.4 is 19.5 Å². The first-order valence-corrected chi connectivity index (χ1v) is 8.50. The van der Waals surface area contributed by atoms with Gasteiger partial charge in [0.25, 0.3) is 0 Å². The molecule has 5 nitrogen and oxygen atoms in total. The highest BCUT2D eigenvalue weighted by Crippen LogP contribution is 2.38. The van der Waals surface area contributed by atoms with E-state index in [4.69, 9.17) is 14.2 Å². The van der Waals surface area contributed by atoms with Crippen molar-refractivity contribution in [1.29, 1.82) is 0 Å². The van der Waals surface area contributed by atoms with Crippen molar-refractivity contribution in [2.24, 2.45) is 0 Å². The first-order chi connectivity index (χ1) is 11.6. The zero-order chi connectivity index (χ0) is 17.5. The molecule has 0 aliphatic heterocycles. The summed E-state index contributed by atoms with van der Waals surface area (Å²) in [5.41, 5.74) is 1.77. The lowest BCUT2D eigenvalue weighted by atomic mass is 10.1. The van der Waals surface area contributed by atoms with Crippen LogP contribution in [0.1, 0.15) is 12.0 Å². The Hall–Kier alpha value is -1.96. The predicted octanol–water partition coefficient (Wildman–Crippen LogP) is 3.89. The molecule has 1 amide bonds. The van der Waals surface area contributed by atoms with Crippen LogP contribution in [-0.4, -0.2) is 27.2 Å². The Bertz CT molecular complexity index is 693. The third-order valence-electron chi connectivity index (χ3n) is 3.51. The maximum atomic E-state index is 12.2. The van der Waals surface area contributed by atoms with Crippen LogP contribution in [0.25, 0.3) is 0 Å². The van der Waals surface area contributed by atoms with Gasteiger partial charge in [-0.25, -0.2) is 0 Å². The molecule has 2 rings (SSSR count). The maximum Gasteiger partial charge on any atom is 0.224 e. The van der Waals surface area contributed by atoms with Crippen LogP contribution in [0.4, 0.5) is 5.69 Å². The van der Waals surface area contributed by atoms with Crippen molar-refractivity contribution >= 4 is 34.2 Å². The van der Waals surface area contributed by atoms with Crippen molar-refractivity contribution in [2.45, 2.75) is 12.8 Å². The van der Waals surface area contributed by atoms with Gasteiger partial charge in [0.05, 0.1) is 27.0 Å². The topological polar surface area (TPSA) is 56.8 Å². The lowest BCUT2D eigenvalue weighted by molar-refractivity contribution is -0.116. The molecule has 2 aromatic carbocycles. The molecule has 2 aromatic rings. The fraction of sp³-hybridized carbons (Fsp3) is 0.278. The summed E-state index contributed by atoms with van der Waals surface area (Å²) < 4.78 is 17.0. The molecule has 0 fully saturated rings. The van der Waals surface area contributed by atoms with Gasteiger partial charge in [-0.1, -0.05) is 12.1 Å². The van der Waals surface area contributed by atoms with Crippen LogP contribution >= 0.6 is 22.6 Å². The number of aryl methyl sites for hydroxylation is 1. The van der Waals surface area contributed by atoms with Crippen molar-refractivity contribution in [1.82, 2.24) is 0 Å². The number of hydrogen-bond donors (Lipinski definition) is 1. The average molecular weight is 441 g/mol. The van der Waals surface area contributed by atoms with E-state index in [1.54, 1.807) is 21.3 Å². The minimum absolute atomic E-state index is 0.0344. The van der Waals surface area contributed by atoms with E-state index < -0.39 is 0 Å². The second-order valence-electron chi connectivity index (χ2n) is 5.06. The molecular weight excluding hydrogens is 421 g/mol. The number of carbonyl (C=O) groups excluding carboxylic acids is 1. The maximum absolute atomic E-state index is 12.2. The van der Waals surface area contributed by atoms with Crippen LogP contribution in [0.15, 0.2) is 36.4 Å². The van der Waals surface area contributed by atoms with E-state index in [0.29, 0.717) is 30.1 Å². The molecule has 6 heteroatoms. The SMILES string of the molecule is COc1cc(CCC(=O)Nc2ccccc2I)cc(OC)c1OC. The second kappa shape index (κ2) is 8.77. The highest BCUT2D eigenvalue weighted by atomic mass is 127. The van der Waals surface area contributed by atoms with E-state index in [-0.39, 0.29) is 5.91 Å². The summed E-state index contributed by atoms with van der Waals surface area (Å²) in [6, 6.07) is 11.4. The number of methoxy groups -OCH3 is 3. The van der Waals surface area contributed by atoms with Crippen molar-refractivity contribution in [3.8, 4) is 17.2 Å². The molecule has 0 unspecified atom stereocenters. The van der Waals surface area contributed by atoms with Gasteiger partial charge in [-0.15, -0.1) is 0 Å². The highest BCUT2D eigenvalue weighted by molar-refractivity contribution is 14.1. The second-order valence-corrected chi connectivity index (χ2v) is 6.22. The number of carbonyl (C=O) groups is 1. The number of nitrogens with one attached hydrogen (secondary N) is 1. The summed E-state index contributed by atoms with van der Waals surface area (Å²) in [7, 11) is 4.71. The monoisotopic (exact) mass is 441 g/mol. The molecule has 24 heavy (non-hydrogen) atoms. The van der Waals surface area contributed by atoms with E-state index in [0.717, 1.165) is 14.8 Å². The Morgan fingerprint density at radius 3 is 2.21 bits per heavy atom. The summed E-state index contributed by atoms with van der Waals surface area (Å²) in [5, 5.41) is 2.93. The molecule has 0 aliphatic carbocycles. The quantitative estimate of drug-likeness (QED) is 0.663. The third kappa shape index (κ3) is 4.53. The Morgan fingerprint density at radius 2 is 1.67 bits per heavy atom. The van der Waals surface area contributed by atoms with Gasteiger partial charge >= 0.3 is 0 Å². The number of hydrogen-bond acceptors (Lipinski definition) is 4. The van der Waals surface area contributed by atoms with Crippen LogP contribution in [0.3, 0.4) is 0 Å². The number of halogens is 1. The molecule has 0 saturated carbocycles. The standard InChI is InChI=1S/C18H20INO4/c1-22-15-10-12(11-16(23-2)18(15)24-3)8-9-17(21)20-14-7-5-4-6-13(14)19/h4-7,10-11H,8-9H2,1-3H3,(H,20,21). The molecular formula is C18H20INO4. The molecule has 1 N–H and O–H groups in total. The van der Waals surface area contributed by atoms with Crippen LogP contribution in [0, 0.1) is 3.57 Å². The van der Waals surface area contributed by atoms with Gasteiger partial charge in [-0.05, 0) is 58.8 Å². The van der Waals surface area contributed by atoms with E-state index in [2.05, 4.69) is 27.9 Å². The molecule has 0 atom stereocenters. The number of anilines is 1. The molecule has 0 saturated heterocycles. The molecule has 128 valence electrons. The van der Waals surface area contributed by atoms with Gasteiger partial charge in [0.2, 0.25) is 11.7 Å². The number of benzene rings is 2. The highest BCUT2D eigenvalue weighted by Gasteiger charge is 2.14. The van der Waals surface area contributed by atoms with E-state index >= 15 is 0 Å². The van der Waals surface area contributed by atoms with Gasteiger partial charge < -0.3 is 19.5 Å². The smallest absolute Gasteiger partial charge is 0.224 e. The van der Waals surface area contributed by atoms with Crippen molar-refractivity contribution < 1.29 is 19.0 Å². The predicted molar refractivity (Wildman–Crippen MR) is 102 cm³/mol. The van der Waals surface area contributed by atoms with E-state index in [1.165, 1.54) is 0 Å². The number of ether oxygens (including phenoxy) is 3. The van der Waals surface area contributed by atoms with Gasteiger partial charge in [-0.3, -0.25) is 4.79 Å². The molecule has 0 bridgehead atoms. The van der Waals surface area contributed by atoms with Gasteiger partial charge in [-0.2, -0.15) is 0 Å². The number of rotatable bonds is 7. The van der Waals surface area contributed by atoms with Gasteiger partial charge in [0.15, 0.2) is 11.5 Å². The minimum Gasteiger partial charge on any atom is -0.493 e. The van der Waals surface area contributed by atoms with Crippen molar-refractivity contribution in [3.63, 3.8) is 0 Å². The fourth-order valence-electron chi connectivity index (χ4n) is 2.31. The zero-order valence-electron chi connectivity index (χ0n) is 13.9. The van der Waals surface area contributed by atoms with Crippen LogP contribution in [0.2, 0.25) is 0 Å². The lowest BCUT2D eigenvalue weighted by Gasteiger charge is -2.14. The average Bonchev–Trinajstić information content (AvgIpc) is 2.60. The summed E-state index contributed by atoms with van der Waals surface area (Å²) in [5.74, 6) is 1.69. The van der Waals surface area contributed by atoms with Crippen molar-refractivity contribution in [2.75, 3.05) is 26.6 Å². The van der Waals surface area contributed by atoms with E-state index in [1.807, 2.05) is 36.4 Å². The minimum atomic E-state index is -0.0344. The fourth-order valence-corrected chi connectivity index (χ4v) is 2.84. The Balaban J connectivity index is 2.06. The van der Waals surface area contributed by atoms with Gasteiger partial charge in [0, 0.05) is 9.99 Å². The van der Waals surface area contributed by atoms with Gasteiger partial charge in [0.1, 0.15) is 0 Å². The summed E-state index contributed by atoms with van der Waals surface area (Å²) >= 11 is 2.20. The molecule has 0 aliphatic rings. The van der Waals surface area contributed by atoms with Crippen LogP contribution in [-0.2, 0) is 11.2 Å². The molecule has 0 aromatic heterocycles.